The summed E-state index contributed by atoms with van der Waals surface area (Å²) in [5, 5.41) is 0. The minimum absolute atomic E-state index is 0.661. The van der Waals surface area contributed by atoms with Crippen molar-refractivity contribution < 1.29 is 4.79 Å². The second-order valence-electron chi connectivity index (χ2n) is 3.73. The van der Waals surface area contributed by atoms with E-state index in [0.29, 0.717) is 12.5 Å². The Labute approximate surface area is 74.1 Å². The molecular formula is C10H17NO. The van der Waals surface area contributed by atoms with Gasteiger partial charge in [-0.2, -0.15) is 0 Å². The van der Waals surface area contributed by atoms with Crippen molar-refractivity contribution in [2.75, 3.05) is 6.54 Å². The summed E-state index contributed by atoms with van der Waals surface area (Å²) in [4.78, 5) is 13.5. The summed E-state index contributed by atoms with van der Waals surface area (Å²) in [7, 11) is 0. The predicted molar refractivity (Wildman–Crippen MR) is 48.7 cm³/mol. The van der Waals surface area contributed by atoms with Gasteiger partial charge in [0.1, 0.15) is 0 Å². The number of rotatable bonds is 3. The van der Waals surface area contributed by atoms with Gasteiger partial charge < -0.3 is 0 Å². The zero-order valence-corrected chi connectivity index (χ0v) is 7.75. The van der Waals surface area contributed by atoms with Gasteiger partial charge in [-0.3, -0.25) is 0 Å². The highest BCUT2D eigenvalue weighted by atomic mass is 16.1. The van der Waals surface area contributed by atoms with Gasteiger partial charge in [0.05, 0.1) is 6.54 Å². The number of hydrogen-bond acceptors (Lipinski definition) is 2. The van der Waals surface area contributed by atoms with Crippen LogP contribution >= 0.6 is 0 Å². The summed E-state index contributed by atoms with van der Waals surface area (Å²) in [5.74, 6) is 1.59. The van der Waals surface area contributed by atoms with Crippen LogP contribution in [0.2, 0.25) is 0 Å². The number of carbonyl (C=O) groups excluding carboxylic acids is 1. The highest BCUT2D eigenvalue weighted by molar-refractivity contribution is 5.32. The van der Waals surface area contributed by atoms with Gasteiger partial charge in [-0.15, -0.1) is 0 Å². The van der Waals surface area contributed by atoms with E-state index in [4.69, 9.17) is 0 Å². The molecule has 0 aromatic rings. The van der Waals surface area contributed by atoms with Crippen molar-refractivity contribution in [1.82, 2.24) is 0 Å². The summed E-state index contributed by atoms with van der Waals surface area (Å²) in [5.41, 5.74) is 0. The molecule has 0 saturated heterocycles. The van der Waals surface area contributed by atoms with Gasteiger partial charge in [0.25, 0.3) is 0 Å². The Kier molecular flexibility index (Phi) is 4.02. The van der Waals surface area contributed by atoms with Crippen LogP contribution in [0.25, 0.3) is 0 Å². The molecule has 0 aliphatic heterocycles. The zero-order chi connectivity index (χ0) is 8.81. The molecule has 0 heterocycles. The lowest BCUT2D eigenvalue weighted by atomic mass is 9.81. The largest absolute Gasteiger partial charge is 0.234 e. The topological polar surface area (TPSA) is 29.4 Å². The molecule has 0 unspecified atom stereocenters. The smallest absolute Gasteiger partial charge is 0.211 e. The van der Waals surface area contributed by atoms with Gasteiger partial charge in [-0.1, -0.05) is 26.2 Å². The van der Waals surface area contributed by atoms with Crippen LogP contribution in [-0.4, -0.2) is 12.6 Å². The number of nitrogens with zero attached hydrogens (tertiary/aromatic N) is 1. The second kappa shape index (κ2) is 5.10. The maximum absolute atomic E-state index is 9.88. The molecule has 0 aromatic carbocycles. The first kappa shape index (κ1) is 9.47. The molecule has 1 saturated carbocycles. The third kappa shape index (κ3) is 2.78. The number of hydrogen-bond donors (Lipinski definition) is 0. The maximum atomic E-state index is 9.88. The van der Waals surface area contributed by atoms with Gasteiger partial charge in [0.15, 0.2) is 0 Å². The molecular weight excluding hydrogens is 150 g/mol. The van der Waals surface area contributed by atoms with E-state index in [1.54, 1.807) is 6.08 Å². The molecule has 1 fully saturated rings. The summed E-state index contributed by atoms with van der Waals surface area (Å²) in [6.45, 7) is 2.97. The Morgan fingerprint density at radius 3 is 2.33 bits per heavy atom. The highest BCUT2D eigenvalue weighted by Crippen LogP contribution is 2.30. The Morgan fingerprint density at radius 1 is 1.25 bits per heavy atom. The van der Waals surface area contributed by atoms with Crippen LogP contribution in [0.5, 0.6) is 0 Å². The lowest BCUT2D eigenvalue weighted by Crippen LogP contribution is -2.15. The van der Waals surface area contributed by atoms with Gasteiger partial charge in [-0.25, -0.2) is 9.79 Å². The molecule has 0 spiro atoms. The van der Waals surface area contributed by atoms with Gasteiger partial charge in [-0.05, 0) is 24.7 Å². The molecule has 0 bridgehead atoms. The van der Waals surface area contributed by atoms with Gasteiger partial charge >= 0.3 is 0 Å². The fourth-order valence-electron chi connectivity index (χ4n) is 1.99. The molecule has 2 heteroatoms. The Bertz CT molecular complexity index is 165. The van der Waals surface area contributed by atoms with E-state index in [2.05, 4.69) is 11.9 Å². The molecule has 12 heavy (non-hydrogen) atoms. The Balaban J connectivity index is 2.21. The van der Waals surface area contributed by atoms with Gasteiger partial charge in [0.2, 0.25) is 6.08 Å². The van der Waals surface area contributed by atoms with Crippen LogP contribution in [-0.2, 0) is 4.79 Å². The SMILES string of the molecule is CCC1CCC(CN=C=O)CC1. The summed E-state index contributed by atoms with van der Waals surface area (Å²) < 4.78 is 0. The first-order chi connectivity index (χ1) is 5.86. The molecule has 0 atom stereocenters. The first-order valence-electron chi connectivity index (χ1n) is 4.90. The predicted octanol–water partition coefficient (Wildman–Crippen LogP) is 2.54. The lowest BCUT2D eigenvalue weighted by Gasteiger charge is -2.26. The molecule has 1 rings (SSSR count). The van der Waals surface area contributed by atoms with E-state index >= 15 is 0 Å². The fraction of sp³-hybridized carbons (Fsp3) is 0.900. The first-order valence-corrected chi connectivity index (χ1v) is 4.90. The van der Waals surface area contributed by atoms with E-state index in [0.717, 1.165) is 5.92 Å². The van der Waals surface area contributed by atoms with Crippen LogP contribution in [0.4, 0.5) is 0 Å². The fourth-order valence-corrected chi connectivity index (χ4v) is 1.99. The average molecular weight is 167 g/mol. The molecule has 0 N–H and O–H groups in total. The second-order valence-corrected chi connectivity index (χ2v) is 3.73. The van der Waals surface area contributed by atoms with Crippen LogP contribution in [0.1, 0.15) is 39.0 Å². The molecule has 1 aliphatic rings. The monoisotopic (exact) mass is 167 g/mol. The van der Waals surface area contributed by atoms with Crippen molar-refractivity contribution >= 4 is 6.08 Å². The third-order valence-electron chi connectivity index (χ3n) is 2.96. The molecule has 0 amide bonds. The van der Waals surface area contributed by atoms with E-state index in [1.165, 1.54) is 32.1 Å². The Morgan fingerprint density at radius 2 is 1.83 bits per heavy atom. The molecule has 0 radical (unpaired) electrons. The van der Waals surface area contributed by atoms with Crippen LogP contribution in [0.3, 0.4) is 0 Å². The lowest BCUT2D eigenvalue weighted by molar-refractivity contribution is 0.274. The van der Waals surface area contributed by atoms with Crippen molar-refractivity contribution in [3.8, 4) is 0 Å². The van der Waals surface area contributed by atoms with Crippen molar-refractivity contribution in [2.24, 2.45) is 16.8 Å². The summed E-state index contributed by atoms with van der Waals surface area (Å²) >= 11 is 0. The minimum Gasteiger partial charge on any atom is -0.211 e. The van der Waals surface area contributed by atoms with E-state index in [9.17, 15) is 4.79 Å². The Hall–Kier alpha value is -0.620. The summed E-state index contributed by atoms with van der Waals surface area (Å²) in [6, 6.07) is 0. The molecule has 2 nitrogen and oxygen atoms in total. The molecule has 68 valence electrons. The van der Waals surface area contributed by atoms with Crippen molar-refractivity contribution in [1.29, 1.82) is 0 Å². The highest BCUT2D eigenvalue weighted by Gasteiger charge is 2.19. The molecule has 1 aliphatic carbocycles. The summed E-state index contributed by atoms with van der Waals surface area (Å²) in [6.07, 6.45) is 8.09. The van der Waals surface area contributed by atoms with Crippen molar-refractivity contribution in [3.05, 3.63) is 0 Å². The standard InChI is InChI=1S/C10H17NO/c1-2-9-3-5-10(6-4-9)7-11-8-12/h9-10H,2-7H2,1H3. The van der Waals surface area contributed by atoms with E-state index < -0.39 is 0 Å². The van der Waals surface area contributed by atoms with Crippen molar-refractivity contribution in [2.45, 2.75) is 39.0 Å². The van der Waals surface area contributed by atoms with Gasteiger partial charge in [0, 0.05) is 0 Å². The quantitative estimate of drug-likeness (QED) is 0.469. The number of isocyanates is 1. The minimum atomic E-state index is 0.661. The van der Waals surface area contributed by atoms with Crippen LogP contribution < -0.4 is 0 Å². The number of aliphatic imine (C=N–C) groups is 1. The molecule has 0 aromatic heterocycles. The van der Waals surface area contributed by atoms with Crippen LogP contribution in [0.15, 0.2) is 4.99 Å². The third-order valence-corrected chi connectivity index (χ3v) is 2.96. The van der Waals surface area contributed by atoms with E-state index in [-0.39, 0.29) is 0 Å². The average Bonchev–Trinajstić information content (AvgIpc) is 2.15. The van der Waals surface area contributed by atoms with E-state index in [1.807, 2.05) is 0 Å². The van der Waals surface area contributed by atoms with Crippen molar-refractivity contribution in [3.63, 3.8) is 0 Å². The van der Waals surface area contributed by atoms with Crippen LogP contribution in [0, 0.1) is 11.8 Å². The zero-order valence-electron chi connectivity index (χ0n) is 7.75. The normalized spacial score (nSPS) is 29.4. The maximum Gasteiger partial charge on any atom is 0.234 e.